The number of fused-ring (bicyclic) bond motifs is 3. The zero-order valence-electron chi connectivity index (χ0n) is 14.5. The minimum atomic E-state index is -2.10. The number of nitrogens with zero attached hydrogens (tertiary/aromatic N) is 1. The Bertz CT molecular complexity index is 554. The lowest BCUT2D eigenvalue weighted by Crippen LogP contribution is -2.64. The van der Waals surface area contributed by atoms with Crippen molar-refractivity contribution >= 4 is 6.09 Å². The molecule has 2 bridgehead atoms. The van der Waals surface area contributed by atoms with Crippen molar-refractivity contribution in [1.29, 1.82) is 0 Å². The van der Waals surface area contributed by atoms with Crippen molar-refractivity contribution in [2.45, 2.75) is 43.9 Å². The summed E-state index contributed by atoms with van der Waals surface area (Å²) in [5.74, 6) is 0. The van der Waals surface area contributed by atoms with E-state index in [0.29, 0.717) is 6.54 Å². The van der Waals surface area contributed by atoms with E-state index in [1.165, 1.54) is 0 Å². The molecule has 0 unspecified atom stereocenters. The number of alkyl carbamates (subject to hydrolysis) is 1. The monoisotopic (exact) mass is 277 g/mol. The summed E-state index contributed by atoms with van der Waals surface area (Å²) in [6.45, 7) is -1.52. The number of hydrogen-bond acceptors (Lipinski definition) is 3. The molecule has 4 heteroatoms. The highest BCUT2D eigenvalue weighted by molar-refractivity contribution is 5.68. The average molecular weight is 277 g/mol. The first kappa shape index (κ1) is 10.2. The fourth-order valence-electron chi connectivity index (χ4n) is 3.22. The van der Waals surface area contributed by atoms with E-state index in [1.807, 2.05) is 30.3 Å². The molecule has 1 aromatic rings. The number of hydrogen-bond donors (Lipinski definition) is 1. The van der Waals surface area contributed by atoms with Gasteiger partial charge < -0.3 is 15.0 Å². The third-order valence-corrected chi connectivity index (χ3v) is 4.41. The Morgan fingerprint density at radius 3 is 2.90 bits per heavy atom. The van der Waals surface area contributed by atoms with Crippen molar-refractivity contribution in [3.8, 4) is 0 Å². The molecule has 1 aromatic carbocycles. The first-order chi connectivity index (χ1) is 10.9. The van der Waals surface area contributed by atoms with E-state index < -0.39 is 18.6 Å². The molecule has 0 atom stereocenters. The van der Waals surface area contributed by atoms with Crippen molar-refractivity contribution in [3.63, 3.8) is 0 Å². The molecule has 1 N–H and O–H groups in total. The van der Waals surface area contributed by atoms with Gasteiger partial charge in [-0.1, -0.05) is 30.3 Å². The van der Waals surface area contributed by atoms with Gasteiger partial charge in [0.05, 0.1) is 5.54 Å². The number of carbonyl (C=O) groups is 1. The van der Waals surface area contributed by atoms with Gasteiger partial charge in [-0.15, -0.1) is 0 Å². The lowest BCUT2D eigenvalue weighted by atomic mass is 9.74. The smallest absolute Gasteiger partial charge is 0.407 e. The molecule has 0 aromatic heterocycles. The second-order valence-corrected chi connectivity index (χ2v) is 5.83. The average Bonchev–Trinajstić information content (AvgIpc) is 2.54. The highest BCUT2D eigenvalue weighted by Gasteiger charge is 2.44. The van der Waals surface area contributed by atoms with Crippen LogP contribution in [0.4, 0.5) is 4.79 Å². The maximum absolute atomic E-state index is 12.1. The molecule has 0 radical (unpaired) electrons. The first-order valence-corrected chi connectivity index (χ1v) is 7.14. The summed E-state index contributed by atoms with van der Waals surface area (Å²) in [6, 6.07) is 9.60. The van der Waals surface area contributed by atoms with Crippen LogP contribution in [0.25, 0.3) is 0 Å². The van der Waals surface area contributed by atoms with Crippen molar-refractivity contribution in [1.82, 2.24) is 10.2 Å². The van der Waals surface area contributed by atoms with Gasteiger partial charge in [0.2, 0.25) is 0 Å². The van der Waals surface area contributed by atoms with Crippen LogP contribution < -0.4 is 5.32 Å². The number of rotatable bonds is 3. The van der Waals surface area contributed by atoms with Gasteiger partial charge >= 0.3 is 6.09 Å². The Labute approximate surface area is 124 Å². The quantitative estimate of drug-likeness (QED) is 0.923. The largest absolute Gasteiger partial charge is 0.445 e. The second kappa shape index (κ2) is 5.44. The zero-order chi connectivity index (χ0) is 16.5. The predicted molar refractivity (Wildman–Crippen MR) is 77.4 cm³/mol. The van der Waals surface area contributed by atoms with Gasteiger partial charge in [0.25, 0.3) is 0 Å². The van der Waals surface area contributed by atoms with Crippen molar-refractivity contribution in [2.24, 2.45) is 0 Å². The van der Waals surface area contributed by atoms with Crippen molar-refractivity contribution in [2.75, 3.05) is 13.5 Å². The lowest BCUT2D eigenvalue weighted by molar-refractivity contribution is 0.0246. The summed E-state index contributed by atoms with van der Waals surface area (Å²) in [6.07, 6.45) is 2.75. The molecule has 108 valence electrons. The maximum Gasteiger partial charge on any atom is 0.407 e. The van der Waals surface area contributed by atoms with Gasteiger partial charge in [-0.3, -0.25) is 0 Å². The number of carbonyl (C=O) groups excluding carboxylic acids is 1. The molecule has 3 aliphatic rings. The van der Waals surface area contributed by atoms with Crippen LogP contribution in [0.15, 0.2) is 30.3 Å². The normalized spacial score (nSPS) is 32.0. The Hall–Kier alpha value is -1.55. The number of ether oxygens (including phenoxy) is 1. The summed E-state index contributed by atoms with van der Waals surface area (Å²) in [7, 11) is 0. The minimum absolute atomic E-state index is 0.103. The van der Waals surface area contributed by atoms with Crippen molar-refractivity contribution < 1.29 is 13.6 Å². The highest BCUT2D eigenvalue weighted by atomic mass is 16.5. The zero-order valence-corrected chi connectivity index (χ0v) is 11.5. The van der Waals surface area contributed by atoms with Gasteiger partial charge in [-0.25, -0.2) is 4.79 Å². The summed E-state index contributed by atoms with van der Waals surface area (Å²) >= 11 is 0. The number of likely N-dealkylation sites (N-methyl/N-ethyl adjacent to an activating group) is 1. The van der Waals surface area contributed by atoms with Crippen LogP contribution in [-0.4, -0.2) is 36.1 Å². The fraction of sp³-hybridized carbons (Fsp3) is 0.562. The first-order valence-electron chi connectivity index (χ1n) is 8.64. The van der Waals surface area contributed by atoms with Crippen LogP contribution in [-0.2, 0) is 11.3 Å². The van der Waals surface area contributed by atoms with Crippen LogP contribution in [0.5, 0.6) is 0 Å². The number of piperidine rings is 2. The molecule has 0 spiro atoms. The number of nitrogens with one attached hydrogen (secondary N) is 1. The van der Waals surface area contributed by atoms with Crippen LogP contribution in [0.1, 0.15) is 35.4 Å². The molecule has 3 fully saturated rings. The molecule has 2 saturated heterocycles. The standard InChI is InChI=1S/C16H22N2O2/c1-18-12-16(9-7-14(18)8-10-16)17-15(19)20-11-13-5-3-2-4-6-13/h2-6,14H,7-12H2,1H3,(H,17,19)/i1D3. The molecule has 20 heavy (non-hydrogen) atoms. The Morgan fingerprint density at radius 2 is 2.20 bits per heavy atom. The Balaban J connectivity index is 1.59. The molecule has 2 aliphatic heterocycles. The maximum atomic E-state index is 12.1. The van der Waals surface area contributed by atoms with Gasteiger partial charge in [0.1, 0.15) is 6.61 Å². The van der Waals surface area contributed by atoms with Crippen LogP contribution >= 0.6 is 0 Å². The molecule has 1 amide bonds. The van der Waals surface area contributed by atoms with Crippen molar-refractivity contribution in [3.05, 3.63) is 35.9 Å². The van der Waals surface area contributed by atoms with E-state index in [2.05, 4.69) is 5.32 Å². The van der Waals surface area contributed by atoms with Crippen LogP contribution in [0, 0.1) is 0 Å². The third-order valence-electron chi connectivity index (χ3n) is 4.41. The summed E-state index contributed by atoms with van der Waals surface area (Å²) in [5, 5.41) is 2.94. The molecule has 2 heterocycles. The minimum Gasteiger partial charge on any atom is -0.445 e. The van der Waals surface area contributed by atoms with E-state index in [0.717, 1.165) is 31.2 Å². The molecular formula is C16H22N2O2. The SMILES string of the molecule is [2H]C([2H])([2H])N1CC2(NC(=O)OCc3ccccc3)CCC1CC2. The summed E-state index contributed by atoms with van der Waals surface area (Å²) in [4.78, 5) is 13.7. The number of amides is 1. The molecule has 1 aliphatic carbocycles. The van der Waals surface area contributed by atoms with E-state index >= 15 is 0 Å². The Kier molecular flexibility index (Phi) is 2.78. The van der Waals surface area contributed by atoms with Crippen LogP contribution in [0.3, 0.4) is 0 Å². The van der Waals surface area contributed by atoms with Gasteiger partial charge in [0, 0.05) is 16.7 Å². The molecular weight excluding hydrogens is 252 g/mol. The van der Waals surface area contributed by atoms with E-state index in [4.69, 9.17) is 8.85 Å². The molecule has 4 nitrogen and oxygen atoms in total. The van der Waals surface area contributed by atoms with E-state index in [1.54, 1.807) is 4.90 Å². The molecule has 4 rings (SSSR count). The fourth-order valence-corrected chi connectivity index (χ4v) is 3.22. The lowest BCUT2D eigenvalue weighted by Gasteiger charge is -2.51. The van der Waals surface area contributed by atoms with Gasteiger partial charge in [-0.05, 0) is 38.2 Å². The summed E-state index contributed by atoms with van der Waals surface area (Å²) < 4.78 is 28.3. The number of benzene rings is 1. The van der Waals surface area contributed by atoms with E-state index in [-0.39, 0.29) is 12.6 Å². The summed E-state index contributed by atoms with van der Waals surface area (Å²) in [5.41, 5.74) is 0.452. The highest BCUT2D eigenvalue weighted by Crippen LogP contribution is 2.37. The Morgan fingerprint density at radius 1 is 1.45 bits per heavy atom. The third kappa shape index (κ3) is 2.80. The predicted octanol–water partition coefficient (Wildman–Crippen LogP) is 2.54. The van der Waals surface area contributed by atoms with Gasteiger partial charge in [-0.2, -0.15) is 0 Å². The van der Waals surface area contributed by atoms with E-state index in [9.17, 15) is 4.79 Å². The topological polar surface area (TPSA) is 41.6 Å². The second-order valence-electron chi connectivity index (χ2n) is 5.83. The van der Waals surface area contributed by atoms with Gasteiger partial charge in [0.15, 0.2) is 0 Å². The molecule has 1 saturated carbocycles. The van der Waals surface area contributed by atoms with Crippen LogP contribution in [0.2, 0.25) is 0 Å².